The lowest BCUT2D eigenvalue weighted by Gasteiger charge is -2.15. The van der Waals surface area contributed by atoms with Gasteiger partial charge in [0, 0.05) is 11.5 Å². The van der Waals surface area contributed by atoms with E-state index in [2.05, 4.69) is 11.9 Å². The second-order valence-electron chi connectivity index (χ2n) is 7.33. The summed E-state index contributed by atoms with van der Waals surface area (Å²) in [5.41, 5.74) is 2.62. The van der Waals surface area contributed by atoms with Gasteiger partial charge in [-0.15, -0.1) is 0 Å². The first-order valence-corrected chi connectivity index (χ1v) is 10.4. The first-order valence-electron chi connectivity index (χ1n) is 10.4. The standard InChI is InChI=1S/C25H29NO4/c1-4-5-7-12-21(16-27)20-13-14-23(24(15-20)28-3)29-17-22-18(2)30-25(26-22)19-10-8-6-9-11-19/h6,8-11,13-16,21H,4-5,7,12,17H2,1-3H3. The van der Waals surface area contributed by atoms with E-state index >= 15 is 0 Å². The predicted octanol–water partition coefficient (Wildman–Crippen LogP) is 6.10. The lowest BCUT2D eigenvalue weighted by molar-refractivity contribution is -0.109. The summed E-state index contributed by atoms with van der Waals surface area (Å²) in [6.07, 6.45) is 5.17. The average molecular weight is 408 g/mol. The number of aldehydes is 1. The summed E-state index contributed by atoms with van der Waals surface area (Å²) in [6.45, 7) is 4.30. The molecule has 5 heteroatoms. The molecule has 3 rings (SSSR count). The van der Waals surface area contributed by atoms with Gasteiger partial charge in [-0.1, -0.05) is 50.5 Å². The van der Waals surface area contributed by atoms with E-state index in [0.29, 0.717) is 17.4 Å². The zero-order chi connectivity index (χ0) is 21.3. The fourth-order valence-corrected chi connectivity index (χ4v) is 3.37. The number of unbranched alkanes of at least 4 members (excludes halogenated alkanes) is 2. The zero-order valence-electron chi connectivity index (χ0n) is 17.9. The Morgan fingerprint density at radius 2 is 1.90 bits per heavy atom. The molecule has 0 saturated carbocycles. The van der Waals surface area contributed by atoms with E-state index in [1.54, 1.807) is 7.11 Å². The maximum atomic E-state index is 11.6. The monoisotopic (exact) mass is 407 g/mol. The third-order valence-electron chi connectivity index (χ3n) is 5.18. The van der Waals surface area contributed by atoms with Gasteiger partial charge in [0.15, 0.2) is 11.5 Å². The van der Waals surface area contributed by atoms with Crippen molar-refractivity contribution in [3.05, 3.63) is 65.5 Å². The zero-order valence-corrected chi connectivity index (χ0v) is 17.9. The Kier molecular flexibility index (Phi) is 7.66. The molecule has 0 N–H and O–H groups in total. The molecule has 0 radical (unpaired) electrons. The van der Waals surface area contributed by atoms with E-state index in [-0.39, 0.29) is 12.5 Å². The summed E-state index contributed by atoms with van der Waals surface area (Å²) >= 11 is 0. The van der Waals surface area contributed by atoms with Crippen LogP contribution in [0, 0.1) is 6.92 Å². The maximum Gasteiger partial charge on any atom is 0.226 e. The molecule has 0 bridgehead atoms. The molecule has 3 aromatic rings. The summed E-state index contributed by atoms with van der Waals surface area (Å²) in [6, 6.07) is 15.5. The van der Waals surface area contributed by atoms with Crippen LogP contribution in [0.1, 0.15) is 55.5 Å². The average Bonchev–Trinajstić information content (AvgIpc) is 3.16. The largest absolute Gasteiger partial charge is 0.493 e. The van der Waals surface area contributed by atoms with Crippen LogP contribution in [0.4, 0.5) is 0 Å². The molecule has 0 amide bonds. The lowest BCUT2D eigenvalue weighted by Crippen LogP contribution is -2.03. The van der Waals surface area contributed by atoms with Crippen molar-refractivity contribution in [2.75, 3.05) is 7.11 Å². The fourth-order valence-electron chi connectivity index (χ4n) is 3.37. The van der Waals surface area contributed by atoms with Crippen molar-refractivity contribution in [2.45, 2.75) is 52.1 Å². The number of aromatic nitrogens is 1. The van der Waals surface area contributed by atoms with Crippen molar-refractivity contribution < 1.29 is 18.7 Å². The number of nitrogens with zero attached hydrogens (tertiary/aromatic N) is 1. The molecule has 1 aromatic heterocycles. The molecule has 0 saturated heterocycles. The van der Waals surface area contributed by atoms with Crippen molar-refractivity contribution in [1.29, 1.82) is 0 Å². The van der Waals surface area contributed by atoms with Gasteiger partial charge in [-0.2, -0.15) is 0 Å². The number of ether oxygens (including phenoxy) is 2. The highest BCUT2D eigenvalue weighted by atomic mass is 16.5. The number of oxazole rings is 1. The first-order chi connectivity index (χ1) is 14.7. The number of carbonyl (C=O) groups is 1. The maximum absolute atomic E-state index is 11.6. The smallest absolute Gasteiger partial charge is 0.226 e. The van der Waals surface area contributed by atoms with Gasteiger partial charge in [0.05, 0.1) is 7.11 Å². The number of benzene rings is 2. The van der Waals surface area contributed by atoms with Crippen molar-refractivity contribution >= 4 is 6.29 Å². The number of methoxy groups -OCH3 is 1. The third kappa shape index (κ3) is 5.29. The van der Waals surface area contributed by atoms with Crippen LogP contribution in [0.5, 0.6) is 11.5 Å². The van der Waals surface area contributed by atoms with E-state index in [4.69, 9.17) is 13.9 Å². The highest BCUT2D eigenvalue weighted by Crippen LogP contribution is 2.33. The van der Waals surface area contributed by atoms with Crippen LogP contribution < -0.4 is 9.47 Å². The lowest BCUT2D eigenvalue weighted by atomic mass is 9.94. The van der Waals surface area contributed by atoms with Gasteiger partial charge in [0.25, 0.3) is 0 Å². The van der Waals surface area contributed by atoms with Gasteiger partial charge < -0.3 is 18.7 Å². The number of aryl methyl sites for hydroxylation is 1. The summed E-state index contributed by atoms with van der Waals surface area (Å²) in [5, 5.41) is 0. The van der Waals surface area contributed by atoms with E-state index in [1.165, 1.54) is 0 Å². The Morgan fingerprint density at radius 3 is 2.60 bits per heavy atom. The van der Waals surface area contributed by atoms with Crippen LogP contribution in [0.25, 0.3) is 11.5 Å². The normalized spacial score (nSPS) is 11.8. The van der Waals surface area contributed by atoms with E-state index in [0.717, 1.165) is 54.6 Å². The van der Waals surface area contributed by atoms with Crippen LogP contribution in [0.2, 0.25) is 0 Å². The topological polar surface area (TPSA) is 61.6 Å². The van der Waals surface area contributed by atoms with E-state index in [1.807, 2.05) is 55.5 Å². The van der Waals surface area contributed by atoms with Gasteiger partial charge in [0.2, 0.25) is 5.89 Å². The summed E-state index contributed by atoms with van der Waals surface area (Å²) in [7, 11) is 1.60. The fraction of sp³-hybridized carbons (Fsp3) is 0.360. The molecule has 30 heavy (non-hydrogen) atoms. The van der Waals surface area contributed by atoms with E-state index in [9.17, 15) is 4.79 Å². The molecule has 0 spiro atoms. The summed E-state index contributed by atoms with van der Waals surface area (Å²) in [5.74, 6) is 2.41. The number of hydrogen-bond acceptors (Lipinski definition) is 5. The Bertz CT molecular complexity index is 949. The van der Waals surface area contributed by atoms with Crippen molar-refractivity contribution in [3.63, 3.8) is 0 Å². The molecule has 1 heterocycles. The van der Waals surface area contributed by atoms with Gasteiger partial charge >= 0.3 is 0 Å². The Morgan fingerprint density at radius 1 is 1.10 bits per heavy atom. The Labute approximate surface area is 178 Å². The van der Waals surface area contributed by atoms with Crippen LogP contribution in [-0.2, 0) is 11.4 Å². The number of carbonyl (C=O) groups excluding carboxylic acids is 1. The molecule has 0 aliphatic rings. The van der Waals surface area contributed by atoms with Gasteiger partial charge in [-0.3, -0.25) is 0 Å². The molecule has 1 unspecified atom stereocenters. The quantitative estimate of drug-likeness (QED) is 0.284. The summed E-state index contributed by atoms with van der Waals surface area (Å²) < 4.78 is 17.3. The van der Waals surface area contributed by atoms with Crippen LogP contribution >= 0.6 is 0 Å². The highest BCUT2D eigenvalue weighted by molar-refractivity contribution is 5.63. The minimum absolute atomic E-state index is 0.120. The first kappa shape index (κ1) is 21.6. The second kappa shape index (κ2) is 10.6. The molecule has 0 fully saturated rings. The Balaban J connectivity index is 1.71. The van der Waals surface area contributed by atoms with Gasteiger partial charge in [-0.05, 0) is 43.2 Å². The van der Waals surface area contributed by atoms with Crippen LogP contribution in [0.3, 0.4) is 0 Å². The minimum atomic E-state index is -0.120. The second-order valence-corrected chi connectivity index (χ2v) is 7.33. The SMILES string of the molecule is CCCCCC(C=O)c1ccc(OCc2nc(-c3ccccc3)oc2C)c(OC)c1. The van der Waals surface area contributed by atoms with Crippen molar-refractivity contribution in [1.82, 2.24) is 4.98 Å². The predicted molar refractivity (Wildman–Crippen MR) is 117 cm³/mol. The molecule has 0 aliphatic carbocycles. The van der Waals surface area contributed by atoms with Crippen molar-refractivity contribution in [2.24, 2.45) is 0 Å². The van der Waals surface area contributed by atoms with Gasteiger partial charge in [-0.25, -0.2) is 4.98 Å². The summed E-state index contributed by atoms with van der Waals surface area (Å²) in [4.78, 5) is 16.1. The van der Waals surface area contributed by atoms with Crippen LogP contribution in [-0.4, -0.2) is 18.4 Å². The minimum Gasteiger partial charge on any atom is -0.493 e. The molecule has 1 atom stereocenters. The highest BCUT2D eigenvalue weighted by Gasteiger charge is 2.16. The Hall–Kier alpha value is -3.08. The number of rotatable bonds is 11. The van der Waals surface area contributed by atoms with Gasteiger partial charge in [0.1, 0.15) is 24.3 Å². The molecule has 158 valence electrons. The molecule has 2 aromatic carbocycles. The number of hydrogen-bond donors (Lipinski definition) is 0. The van der Waals surface area contributed by atoms with Crippen molar-refractivity contribution in [3.8, 4) is 23.0 Å². The molecular formula is C25H29NO4. The molecule has 0 aliphatic heterocycles. The third-order valence-corrected chi connectivity index (χ3v) is 5.18. The van der Waals surface area contributed by atoms with Crippen LogP contribution in [0.15, 0.2) is 52.9 Å². The molecular weight excluding hydrogens is 378 g/mol. The molecule has 5 nitrogen and oxygen atoms in total. The van der Waals surface area contributed by atoms with E-state index < -0.39 is 0 Å².